The van der Waals surface area contributed by atoms with Crippen LogP contribution in [0.2, 0.25) is 0 Å². The minimum atomic E-state index is -0.702. The highest BCUT2D eigenvalue weighted by Gasteiger charge is 2.57. The van der Waals surface area contributed by atoms with E-state index >= 15 is 0 Å². The summed E-state index contributed by atoms with van der Waals surface area (Å²) in [5.41, 5.74) is 0.743. The van der Waals surface area contributed by atoms with Crippen LogP contribution in [0.15, 0.2) is 60.7 Å². The van der Waals surface area contributed by atoms with Gasteiger partial charge in [-0.25, -0.2) is 4.79 Å². The van der Waals surface area contributed by atoms with Crippen LogP contribution in [0.1, 0.15) is 62.9 Å². The molecule has 4 nitrogen and oxygen atoms in total. The third kappa shape index (κ3) is 6.54. The Balaban J connectivity index is 0.00000289. The predicted octanol–water partition coefficient (Wildman–Crippen LogP) is 6.43. The first-order valence-corrected chi connectivity index (χ1v) is 12.1. The number of likely N-dealkylation sites (tertiary alicyclic amines) is 1. The lowest BCUT2D eigenvalue weighted by atomic mass is 9.63. The molecule has 0 aromatic heterocycles. The van der Waals surface area contributed by atoms with Crippen LogP contribution in [-0.2, 0) is 10.3 Å². The first-order valence-electron chi connectivity index (χ1n) is 12.1. The molecule has 0 N–H and O–H groups in total. The van der Waals surface area contributed by atoms with Gasteiger partial charge in [0.1, 0.15) is 5.60 Å². The minimum Gasteiger partial charge on any atom is -0.450 e. The van der Waals surface area contributed by atoms with Gasteiger partial charge in [-0.3, -0.25) is 0 Å². The van der Waals surface area contributed by atoms with Gasteiger partial charge < -0.3 is 14.5 Å². The van der Waals surface area contributed by atoms with Crippen LogP contribution in [0, 0.1) is 5.41 Å². The van der Waals surface area contributed by atoms with Crippen LogP contribution in [0.3, 0.4) is 0 Å². The highest BCUT2D eigenvalue weighted by Crippen LogP contribution is 2.51. The smallest absolute Gasteiger partial charge is 0.339 e. The van der Waals surface area contributed by atoms with Gasteiger partial charge in [-0.1, -0.05) is 69.3 Å². The molecule has 2 aromatic rings. The summed E-state index contributed by atoms with van der Waals surface area (Å²) in [4.78, 5) is 18.4. The van der Waals surface area contributed by atoms with Crippen LogP contribution >= 0.6 is 24.8 Å². The number of ether oxygens (including phenoxy) is 1. The van der Waals surface area contributed by atoms with Crippen molar-refractivity contribution in [3.8, 4) is 0 Å². The van der Waals surface area contributed by atoms with Gasteiger partial charge in [-0.15, -0.1) is 24.8 Å². The van der Waals surface area contributed by atoms with Crippen LogP contribution in [0.25, 0.3) is 0 Å². The van der Waals surface area contributed by atoms with E-state index in [1.165, 1.54) is 0 Å². The zero-order chi connectivity index (χ0) is 23.2. The summed E-state index contributed by atoms with van der Waals surface area (Å²) in [6, 6.07) is 20.1. The first kappa shape index (κ1) is 30.4. The van der Waals surface area contributed by atoms with Crippen molar-refractivity contribution in [1.82, 2.24) is 9.80 Å². The molecule has 34 heavy (non-hydrogen) atoms. The summed E-state index contributed by atoms with van der Waals surface area (Å²) in [5, 5.41) is 0. The zero-order valence-corrected chi connectivity index (χ0v) is 23.0. The largest absolute Gasteiger partial charge is 0.450 e. The maximum Gasteiger partial charge on any atom is 0.339 e. The fourth-order valence-electron chi connectivity index (χ4n) is 5.41. The quantitative estimate of drug-likeness (QED) is 0.365. The number of carbonyl (C=O) groups excluding carboxylic acids is 1. The summed E-state index contributed by atoms with van der Waals surface area (Å²) in [6.45, 7) is 12.9. The van der Waals surface area contributed by atoms with Crippen molar-refractivity contribution in [1.29, 1.82) is 0 Å². The van der Waals surface area contributed by atoms with Crippen molar-refractivity contribution >= 4 is 30.8 Å². The molecule has 6 heteroatoms. The average Bonchev–Trinajstić information content (AvgIpc) is 2.79. The van der Waals surface area contributed by atoms with E-state index in [1.807, 2.05) is 36.4 Å². The second-order valence-electron chi connectivity index (χ2n) is 9.75. The van der Waals surface area contributed by atoms with E-state index in [0.717, 1.165) is 51.0 Å². The molecule has 1 aliphatic heterocycles. The topological polar surface area (TPSA) is 32.8 Å². The van der Waals surface area contributed by atoms with E-state index in [2.05, 4.69) is 68.8 Å². The predicted molar refractivity (Wildman–Crippen MR) is 146 cm³/mol. The Bertz CT molecular complexity index is 861. The zero-order valence-electron chi connectivity index (χ0n) is 21.3. The van der Waals surface area contributed by atoms with Crippen LogP contribution in [0.5, 0.6) is 0 Å². The average molecular weight is 510 g/mol. The van der Waals surface area contributed by atoms with E-state index in [9.17, 15) is 4.79 Å². The van der Waals surface area contributed by atoms with Gasteiger partial charge in [0.25, 0.3) is 0 Å². The molecule has 0 bridgehead atoms. The highest BCUT2D eigenvalue weighted by molar-refractivity contribution is 5.89. The Kier molecular flexibility index (Phi) is 12.1. The molecule has 0 amide bonds. The Labute approximate surface area is 218 Å². The molecule has 1 aliphatic rings. The first-order chi connectivity index (χ1) is 15.3. The second-order valence-corrected chi connectivity index (χ2v) is 9.75. The van der Waals surface area contributed by atoms with Gasteiger partial charge in [-0.2, -0.15) is 0 Å². The molecule has 2 aromatic carbocycles. The van der Waals surface area contributed by atoms with Gasteiger partial charge in [0.2, 0.25) is 0 Å². The molecule has 3 atom stereocenters. The van der Waals surface area contributed by atoms with Crippen molar-refractivity contribution in [2.45, 2.75) is 58.6 Å². The van der Waals surface area contributed by atoms with Crippen LogP contribution in [-0.4, -0.2) is 55.0 Å². The third-order valence-corrected chi connectivity index (χ3v) is 7.08. The molecule has 3 unspecified atom stereocenters. The van der Waals surface area contributed by atoms with Crippen molar-refractivity contribution in [2.24, 2.45) is 5.41 Å². The highest BCUT2D eigenvalue weighted by atomic mass is 35.5. The molecule has 1 fully saturated rings. The Hall–Kier alpha value is -1.59. The number of halogens is 2. The molecular formula is C28H42Cl2N2O2. The molecule has 1 heterocycles. The number of nitrogens with zero attached hydrogens (tertiary/aromatic N) is 2. The third-order valence-electron chi connectivity index (χ3n) is 7.08. The Morgan fingerprint density at radius 3 is 2.06 bits per heavy atom. The number of esters is 1. The van der Waals surface area contributed by atoms with Gasteiger partial charge >= 0.3 is 5.97 Å². The number of rotatable bonds is 9. The summed E-state index contributed by atoms with van der Waals surface area (Å²) in [5.74, 6) is -0.241. The number of piperidine rings is 1. The van der Waals surface area contributed by atoms with Crippen molar-refractivity contribution < 1.29 is 9.53 Å². The summed E-state index contributed by atoms with van der Waals surface area (Å²) >= 11 is 0. The minimum absolute atomic E-state index is 0. The fourth-order valence-corrected chi connectivity index (χ4v) is 5.41. The van der Waals surface area contributed by atoms with Gasteiger partial charge in [0.15, 0.2) is 0 Å². The number of carbonyl (C=O) groups is 1. The standard InChI is InChI=1S/C28H40N2O2.2ClH/c1-6-18-30(19-7-2)22-27(4)21-29(5)23(3)20-28(27,25-16-12-9-13-17-25)32-26(31)24-14-10-8-11-15-24;;/h8-17,23H,6-7,18-22H2,1-5H3;2*1H. The molecule has 1 saturated heterocycles. The maximum atomic E-state index is 13.5. The van der Waals surface area contributed by atoms with Crippen molar-refractivity contribution in [3.63, 3.8) is 0 Å². The van der Waals surface area contributed by atoms with E-state index in [0.29, 0.717) is 11.6 Å². The van der Waals surface area contributed by atoms with Gasteiger partial charge in [-0.05, 0) is 57.6 Å². The lowest BCUT2D eigenvalue weighted by Gasteiger charge is -2.57. The second kappa shape index (κ2) is 13.5. The van der Waals surface area contributed by atoms with Crippen LogP contribution < -0.4 is 0 Å². The maximum absolute atomic E-state index is 13.5. The summed E-state index contributed by atoms with van der Waals surface area (Å²) < 4.78 is 6.65. The molecular weight excluding hydrogens is 467 g/mol. The number of hydrogen-bond donors (Lipinski definition) is 0. The van der Waals surface area contributed by atoms with Gasteiger partial charge in [0, 0.05) is 31.0 Å². The van der Waals surface area contributed by atoms with E-state index in [4.69, 9.17) is 4.74 Å². The number of benzene rings is 2. The molecule has 0 saturated carbocycles. The monoisotopic (exact) mass is 508 g/mol. The van der Waals surface area contributed by atoms with Crippen molar-refractivity contribution in [3.05, 3.63) is 71.8 Å². The number of hydrogen-bond acceptors (Lipinski definition) is 4. The Morgan fingerprint density at radius 2 is 1.53 bits per heavy atom. The van der Waals surface area contributed by atoms with Gasteiger partial charge in [0.05, 0.1) is 5.56 Å². The fraction of sp³-hybridized carbons (Fsp3) is 0.536. The van der Waals surface area contributed by atoms with E-state index in [-0.39, 0.29) is 36.2 Å². The molecule has 3 rings (SSSR count). The Morgan fingerprint density at radius 1 is 1.00 bits per heavy atom. The van der Waals surface area contributed by atoms with Crippen molar-refractivity contribution in [2.75, 3.05) is 33.2 Å². The van der Waals surface area contributed by atoms with Crippen LogP contribution in [0.4, 0.5) is 0 Å². The lowest BCUT2D eigenvalue weighted by Crippen LogP contribution is -2.63. The normalized spacial score (nSPS) is 24.7. The summed E-state index contributed by atoms with van der Waals surface area (Å²) in [7, 11) is 2.20. The SMILES string of the molecule is CCCN(CCC)CC1(C)CN(C)C(C)CC1(OC(=O)c1ccccc1)c1ccccc1.Cl.Cl. The molecule has 0 aliphatic carbocycles. The van der Waals surface area contributed by atoms with E-state index in [1.54, 1.807) is 0 Å². The molecule has 0 radical (unpaired) electrons. The molecule has 0 spiro atoms. The summed E-state index contributed by atoms with van der Waals surface area (Å²) in [6.07, 6.45) is 3.00. The van der Waals surface area contributed by atoms with E-state index < -0.39 is 5.60 Å². The lowest BCUT2D eigenvalue weighted by molar-refractivity contribution is -0.159. The molecule has 190 valence electrons.